The molecule has 3 aromatic rings. The Kier molecular flexibility index (Phi) is 6.30. The molecule has 0 heterocycles. The van der Waals surface area contributed by atoms with Gasteiger partial charge in [0.1, 0.15) is 5.82 Å². The van der Waals surface area contributed by atoms with Crippen molar-refractivity contribution in [1.82, 2.24) is 0 Å². The normalized spacial score (nSPS) is 11.2. The first-order valence-electron chi connectivity index (χ1n) is 8.60. The third-order valence-corrected chi connectivity index (χ3v) is 6.33. The van der Waals surface area contributed by atoms with Gasteiger partial charge in [0.05, 0.1) is 31.3 Å². The molecule has 0 bridgehead atoms. The molecule has 3 aromatic carbocycles. The van der Waals surface area contributed by atoms with Crippen LogP contribution >= 0.6 is 11.6 Å². The van der Waals surface area contributed by atoms with Crippen molar-refractivity contribution in [2.75, 3.05) is 18.5 Å². The van der Waals surface area contributed by atoms with E-state index in [1.165, 1.54) is 67.1 Å². The van der Waals surface area contributed by atoms with Gasteiger partial charge in [0.25, 0.3) is 10.0 Å². The fourth-order valence-electron chi connectivity index (χ4n) is 2.80. The zero-order valence-electron chi connectivity index (χ0n) is 15.8. The summed E-state index contributed by atoms with van der Waals surface area (Å²) >= 11 is 5.89. The van der Waals surface area contributed by atoms with Crippen LogP contribution in [-0.2, 0) is 16.6 Å². The number of rotatable bonds is 7. The van der Waals surface area contributed by atoms with Gasteiger partial charge in [-0.05, 0) is 66.2 Å². The highest BCUT2D eigenvalue weighted by atomic mass is 35.5. The molecule has 5 nitrogen and oxygen atoms in total. The standard InChI is InChI=1S/C21H19ClFNO4S/c1-27-20-12-3-15(13-21(20)28-2)14-24(18-8-6-17(23)7-9-18)29(25,26)19-10-4-16(22)5-11-19/h3-13H,14H2,1-2H3. The third kappa shape index (κ3) is 4.63. The van der Waals surface area contributed by atoms with Gasteiger partial charge in [0, 0.05) is 5.02 Å². The summed E-state index contributed by atoms with van der Waals surface area (Å²) in [6.07, 6.45) is 0. The highest BCUT2D eigenvalue weighted by Gasteiger charge is 2.25. The van der Waals surface area contributed by atoms with E-state index in [0.29, 0.717) is 27.8 Å². The van der Waals surface area contributed by atoms with E-state index in [-0.39, 0.29) is 11.4 Å². The lowest BCUT2D eigenvalue weighted by Gasteiger charge is -2.25. The minimum atomic E-state index is -3.94. The zero-order valence-corrected chi connectivity index (χ0v) is 17.4. The van der Waals surface area contributed by atoms with Crippen molar-refractivity contribution in [1.29, 1.82) is 0 Å². The van der Waals surface area contributed by atoms with Crippen LogP contribution in [0.3, 0.4) is 0 Å². The first-order chi connectivity index (χ1) is 13.8. The molecule has 0 saturated carbocycles. The summed E-state index contributed by atoms with van der Waals surface area (Å²) < 4.78 is 51.8. The molecule has 8 heteroatoms. The number of nitrogens with zero attached hydrogens (tertiary/aromatic N) is 1. The Hall–Kier alpha value is -2.77. The zero-order chi connectivity index (χ0) is 21.0. The van der Waals surface area contributed by atoms with E-state index < -0.39 is 15.8 Å². The Labute approximate surface area is 174 Å². The molecule has 0 fully saturated rings. The Morgan fingerprint density at radius 1 is 0.897 bits per heavy atom. The van der Waals surface area contributed by atoms with Crippen LogP contribution in [0.2, 0.25) is 5.02 Å². The van der Waals surface area contributed by atoms with Crippen molar-refractivity contribution in [3.05, 3.63) is 83.1 Å². The Bertz CT molecular complexity index is 1090. The van der Waals surface area contributed by atoms with Crippen molar-refractivity contribution >= 4 is 27.3 Å². The van der Waals surface area contributed by atoms with Crippen LogP contribution < -0.4 is 13.8 Å². The number of halogens is 2. The van der Waals surface area contributed by atoms with Crippen LogP contribution in [0.5, 0.6) is 11.5 Å². The van der Waals surface area contributed by atoms with Gasteiger partial charge in [-0.2, -0.15) is 0 Å². The Morgan fingerprint density at radius 3 is 2.10 bits per heavy atom. The van der Waals surface area contributed by atoms with E-state index in [1.807, 2.05) is 0 Å². The van der Waals surface area contributed by atoms with E-state index in [0.717, 1.165) is 0 Å². The summed E-state index contributed by atoms with van der Waals surface area (Å²) in [5.41, 5.74) is 1.00. The second kappa shape index (κ2) is 8.71. The second-order valence-corrected chi connectivity index (χ2v) is 8.43. The molecule has 152 valence electrons. The minimum absolute atomic E-state index is 0.0109. The average Bonchev–Trinajstić information content (AvgIpc) is 2.72. The van der Waals surface area contributed by atoms with Gasteiger partial charge in [-0.25, -0.2) is 12.8 Å². The molecule has 0 aromatic heterocycles. The molecule has 0 spiro atoms. The maximum absolute atomic E-state index is 13.4. The SMILES string of the molecule is COc1ccc(CN(c2ccc(F)cc2)S(=O)(=O)c2ccc(Cl)cc2)cc1OC. The maximum atomic E-state index is 13.4. The highest BCUT2D eigenvalue weighted by molar-refractivity contribution is 7.92. The van der Waals surface area contributed by atoms with Gasteiger partial charge in [-0.15, -0.1) is 0 Å². The molecule has 3 rings (SSSR count). The van der Waals surface area contributed by atoms with Crippen LogP contribution in [0.1, 0.15) is 5.56 Å². The van der Waals surface area contributed by atoms with Crippen LogP contribution in [0.25, 0.3) is 0 Å². The average molecular weight is 436 g/mol. The van der Waals surface area contributed by atoms with Gasteiger partial charge < -0.3 is 9.47 Å². The number of methoxy groups -OCH3 is 2. The van der Waals surface area contributed by atoms with Crippen LogP contribution in [0.4, 0.5) is 10.1 Å². The lowest BCUT2D eigenvalue weighted by Crippen LogP contribution is -2.30. The quantitative estimate of drug-likeness (QED) is 0.530. The summed E-state index contributed by atoms with van der Waals surface area (Å²) in [6.45, 7) is 0.0109. The fourth-order valence-corrected chi connectivity index (χ4v) is 4.38. The molecule has 0 aliphatic rings. The summed E-state index contributed by atoms with van der Waals surface area (Å²) in [6, 6.07) is 16.3. The van der Waals surface area contributed by atoms with Crippen LogP contribution in [0, 0.1) is 5.82 Å². The maximum Gasteiger partial charge on any atom is 0.264 e. The smallest absolute Gasteiger partial charge is 0.264 e. The number of hydrogen-bond acceptors (Lipinski definition) is 4. The van der Waals surface area contributed by atoms with E-state index >= 15 is 0 Å². The summed E-state index contributed by atoms with van der Waals surface area (Å²) in [4.78, 5) is 0.0756. The predicted octanol–water partition coefficient (Wildman–Crippen LogP) is 4.89. The van der Waals surface area contributed by atoms with Gasteiger partial charge in [0.2, 0.25) is 0 Å². The van der Waals surface area contributed by atoms with Crippen molar-refractivity contribution in [2.24, 2.45) is 0 Å². The number of benzene rings is 3. The lowest BCUT2D eigenvalue weighted by atomic mass is 10.2. The monoisotopic (exact) mass is 435 g/mol. The van der Waals surface area contributed by atoms with E-state index in [1.54, 1.807) is 18.2 Å². The highest BCUT2D eigenvalue weighted by Crippen LogP contribution is 2.31. The van der Waals surface area contributed by atoms with Crippen molar-refractivity contribution < 1.29 is 22.3 Å². The van der Waals surface area contributed by atoms with Crippen molar-refractivity contribution in [3.8, 4) is 11.5 Å². The fraction of sp³-hybridized carbons (Fsp3) is 0.143. The largest absolute Gasteiger partial charge is 0.493 e. The topological polar surface area (TPSA) is 55.8 Å². The predicted molar refractivity (Wildman–Crippen MR) is 111 cm³/mol. The van der Waals surface area contributed by atoms with Gasteiger partial charge >= 0.3 is 0 Å². The third-order valence-electron chi connectivity index (χ3n) is 4.29. The van der Waals surface area contributed by atoms with Crippen LogP contribution in [0.15, 0.2) is 71.6 Å². The molecule has 0 atom stereocenters. The molecule has 0 radical (unpaired) electrons. The molecule has 0 aliphatic carbocycles. The van der Waals surface area contributed by atoms with E-state index in [9.17, 15) is 12.8 Å². The summed E-state index contributed by atoms with van der Waals surface area (Å²) in [7, 11) is -0.912. The molecule has 0 unspecified atom stereocenters. The van der Waals surface area contributed by atoms with Gasteiger partial charge in [0.15, 0.2) is 11.5 Å². The lowest BCUT2D eigenvalue weighted by molar-refractivity contribution is 0.354. The molecular formula is C21H19ClFNO4S. The molecular weight excluding hydrogens is 417 g/mol. The van der Waals surface area contributed by atoms with Gasteiger partial charge in [-0.1, -0.05) is 17.7 Å². The summed E-state index contributed by atoms with van der Waals surface area (Å²) in [5.74, 6) is 0.557. The minimum Gasteiger partial charge on any atom is -0.493 e. The van der Waals surface area contributed by atoms with Crippen molar-refractivity contribution in [2.45, 2.75) is 11.4 Å². The number of hydrogen-bond donors (Lipinski definition) is 0. The molecule has 0 saturated heterocycles. The number of anilines is 1. The van der Waals surface area contributed by atoms with Gasteiger partial charge in [-0.3, -0.25) is 4.31 Å². The van der Waals surface area contributed by atoms with E-state index in [4.69, 9.17) is 21.1 Å². The Morgan fingerprint density at radius 2 is 1.52 bits per heavy atom. The van der Waals surface area contributed by atoms with E-state index in [2.05, 4.69) is 0 Å². The number of ether oxygens (including phenoxy) is 2. The molecule has 0 N–H and O–H groups in total. The second-order valence-electron chi connectivity index (χ2n) is 6.13. The molecule has 29 heavy (non-hydrogen) atoms. The molecule has 0 amide bonds. The Balaban J connectivity index is 2.06. The van der Waals surface area contributed by atoms with Crippen LogP contribution in [-0.4, -0.2) is 22.6 Å². The first kappa shape index (κ1) is 21.0. The number of sulfonamides is 1. The molecule has 0 aliphatic heterocycles. The van der Waals surface area contributed by atoms with Crippen molar-refractivity contribution in [3.63, 3.8) is 0 Å². The first-order valence-corrected chi connectivity index (χ1v) is 10.4. The summed E-state index contributed by atoms with van der Waals surface area (Å²) in [5, 5.41) is 0.428.